The lowest BCUT2D eigenvalue weighted by molar-refractivity contribution is -0.117. The van der Waals surface area contributed by atoms with Gasteiger partial charge in [0.1, 0.15) is 5.75 Å². The molecule has 0 aromatic heterocycles. The number of hydrogen-bond donors (Lipinski definition) is 1. The van der Waals surface area contributed by atoms with Gasteiger partial charge in [-0.05, 0) is 50.2 Å². The molecule has 2 amide bonds. The van der Waals surface area contributed by atoms with E-state index in [0.717, 1.165) is 0 Å². The van der Waals surface area contributed by atoms with Gasteiger partial charge in [0.05, 0.1) is 12.3 Å². The summed E-state index contributed by atoms with van der Waals surface area (Å²) >= 11 is 0. The molecular formula is C21H24N2O4. The summed E-state index contributed by atoms with van der Waals surface area (Å²) in [5.74, 6) is 0.182. The smallest absolute Gasteiger partial charge is 0.226 e. The highest BCUT2D eigenvalue weighted by molar-refractivity contribution is 5.97. The van der Waals surface area contributed by atoms with Crippen molar-refractivity contribution in [3.8, 4) is 5.75 Å². The number of carbonyl (C=O) groups is 3. The van der Waals surface area contributed by atoms with Crippen molar-refractivity contribution in [1.29, 1.82) is 0 Å². The van der Waals surface area contributed by atoms with Crippen molar-refractivity contribution in [3.05, 3.63) is 54.1 Å². The van der Waals surface area contributed by atoms with Crippen LogP contribution in [0, 0.1) is 0 Å². The van der Waals surface area contributed by atoms with Crippen LogP contribution < -0.4 is 15.0 Å². The summed E-state index contributed by atoms with van der Waals surface area (Å²) in [6.07, 6.45) is 0.133. The third-order valence-corrected chi connectivity index (χ3v) is 3.99. The van der Waals surface area contributed by atoms with E-state index in [9.17, 15) is 14.4 Å². The summed E-state index contributed by atoms with van der Waals surface area (Å²) in [6.45, 7) is 5.54. The molecule has 0 spiro atoms. The van der Waals surface area contributed by atoms with Gasteiger partial charge in [-0.3, -0.25) is 14.4 Å². The summed E-state index contributed by atoms with van der Waals surface area (Å²) in [4.78, 5) is 37.2. The number of nitrogens with zero attached hydrogens (tertiary/aromatic N) is 1. The van der Waals surface area contributed by atoms with Crippen LogP contribution in [-0.2, 0) is 9.59 Å². The predicted octanol–water partition coefficient (Wildman–Crippen LogP) is 3.67. The summed E-state index contributed by atoms with van der Waals surface area (Å²) in [5, 5.41) is 2.82. The van der Waals surface area contributed by atoms with Gasteiger partial charge in [-0.1, -0.05) is 12.1 Å². The van der Waals surface area contributed by atoms with Crippen LogP contribution in [0.2, 0.25) is 0 Å². The van der Waals surface area contributed by atoms with Crippen LogP contribution in [0.3, 0.4) is 0 Å². The zero-order valence-electron chi connectivity index (χ0n) is 15.8. The zero-order valence-corrected chi connectivity index (χ0v) is 15.8. The van der Waals surface area contributed by atoms with Crippen molar-refractivity contribution in [2.24, 2.45) is 0 Å². The average molecular weight is 368 g/mol. The molecule has 6 heteroatoms. The lowest BCUT2D eigenvalue weighted by atomic mass is 10.1. The van der Waals surface area contributed by atoms with Crippen LogP contribution in [0.15, 0.2) is 48.5 Å². The average Bonchev–Trinajstić information content (AvgIpc) is 2.64. The first-order valence-corrected chi connectivity index (χ1v) is 8.83. The molecule has 2 aromatic rings. The van der Waals surface area contributed by atoms with E-state index in [1.165, 1.54) is 18.7 Å². The number of para-hydroxylation sites is 2. The highest BCUT2D eigenvalue weighted by atomic mass is 16.5. The number of Topliss-reactive ketones (excluding diaryl/α,β-unsaturated/α-hetero) is 1. The van der Waals surface area contributed by atoms with E-state index in [4.69, 9.17) is 4.74 Å². The molecule has 0 saturated heterocycles. The first-order valence-electron chi connectivity index (χ1n) is 8.83. The molecule has 0 radical (unpaired) electrons. The van der Waals surface area contributed by atoms with E-state index < -0.39 is 0 Å². The Hall–Kier alpha value is -3.15. The van der Waals surface area contributed by atoms with Crippen LogP contribution >= 0.6 is 0 Å². The molecule has 0 atom stereocenters. The molecule has 2 rings (SSSR count). The van der Waals surface area contributed by atoms with Crippen molar-refractivity contribution in [1.82, 2.24) is 0 Å². The van der Waals surface area contributed by atoms with Gasteiger partial charge in [0, 0.05) is 31.1 Å². The van der Waals surface area contributed by atoms with Crippen LogP contribution in [0.1, 0.15) is 37.6 Å². The van der Waals surface area contributed by atoms with E-state index in [2.05, 4.69) is 5.32 Å². The molecule has 0 bridgehead atoms. The first kappa shape index (κ1) is 20.2. The van der Waals surface area contributed by atoms with Crippen molar-refractivity contribution in [2.45, 2.75) is 27.2 Å². The Bertz CT molecular complexity index is 815. The van der Waals surface area contributed by atoms with Crippen LogP contribution in [0.4, 0.5) is 11.4 Å². The van der Waals surface area contributed by atoms with Gasteiger partial charge in [-0.15, -0.1) is 0 Å². The molecular weight excluding hydrogens is 344 g/mol. The molecule has 142 valence electrons. The van der Waals surface area contributed by atoms with Crippen LogP contribution in [0.5, 0.6) is 5.75 Å². The first-order chi connectivity index (χ1) is 12.9. The topological polar surface area (TPSA) is 75.7 Å². The monoisotopic (exact) mass is 368 g/mol. The molecule has 0 heterocycles. The Labute approximate surface area is 159 Å². The van der Waals surface area contributed by atoms with Gasteiger partial charge >= 0.3 is 0 Å². The Balaban J connectivity index is 2.02. The molecule has 27 heavy (non-hydrogen) atoms. The lowest BCUT2D eigenvalue weighted by Gasteiger charge is -2.21. The predicted molar refractivity (Wildman–Crippen MR) is 105 cm³/mol. The van der Waals surface area contributed by atoms with E-state index >= 15 is 0 Å². The minimum absolute atomic E-state index is 0.0386. The molecule has 0 aliphatic heterocycles. The minimum atomic E-state index is -0.214. The standard InChI is InChI=1S/C21H24N2O4/c1-4-27-20-8-6-5-7-19(20)22-21(26)13-14-23(16(3)25)18-11-9-17(10-12-18)15(2)24/h5-12H,4,13-14H2,1-3H3,(H,22,26). The number of rotatable bonds is 8. The van der Waals surface area contributed by atoms with Gasteiger partial charge in [-0.25, -0.2) is 0 Å². The summed E-state index contributed by atoms with van der Waals surface area (Å²) in [7, 11) is 0. The molecule has 0 fully saturated rings. The summed E-state index contributed by atoms with van der Waals surface area (Å²) < 4.78 is 5.49. The van der Waals surface area contributed by atoms with E-state index in [1.807, 2.05) is 19.1 Å². The highest BCUT2D eigenvalue weighted by Crippen LogP contribution is 2.24. The SMILES string of the molecule is CCOc1ccccc1NC(=O)CCN(C(C)=O)c1ccc(C(C)=O)cc1. The fraction of sp³-hybridized carbons (Fsp3) is 0.286. The lowest BCUT2D eigenvalue weighted by Crippen LogP contribution is -2.32. The van der Waals surface area contributed by atoms with Gasteiger partial charge in [0.2, 0.25) is 11.8 Å². The second-order valence-corrected chi connectivity index (χ2v) is 6.00. The fourth-order valence-electron chi connectivity index (χ4n) is 2.62. The number of amides is 2. The minimum Gasteiger partial charge on any atom is -0.492 e. The Kier molecular flexibility index (Phi) is 7.11. The number of ketones is 1. The second-order valence-electron chi connectivity index (χ2n) is 6.00. The quantitative estimate of drug-likeness (QED) is 0.722. The van der Waals surface area contributed by atoms with Crippen molar-refractivity contribution in [3.63, 3.8) is 0 Å². The second kappa shape index (κ2) is 9.52. The molecule has 2 aromatic carbocycles. The fourth-order valence-corrected chi connectivity index (χ4v) is 2.62. The van der Waals surface area contributed by atoms with Gasteiger partial charge in [-0.2, -0.15) is 0 Å². The number of anilines is 2. The summed E-state index contributed by atoms with van der Waals surface area (Å²) in [5.41, 5.74) is 1.83. The van der Waals surface area contributed by atoms with E-state index in [0.29, 0.717) is 29.3 Å². The van der Waals surface area contributed by atoms with E-state index in [1.54, 1.807) is 36.4 Å². The molecule has 0 aliphatic rings. The van der Waals surface area contributed by atoms with Gasteiger partial charge in [0.25, 0.3) is 0 Å². The van der Waals surface area contributed by atoms with E-state index in [-0.39, 0.29) is 30.6 Å². The Morgan fingerprint density at radius 1 is 1.00 bits per heavy atom. The number of benzene rings is 2. The van der Waals surface area contributed by atoms with Crippen molar-refractivity contribution < 1.29 is 19.1 Å². The van der Waals surface area contributed by atoms with Crippen LogP contribution in [-0.4, -0.2) is 30.7 Å². The number of carbonyl (C=O) groups excluding carboxylic acids is 3. The maximum atomic E-state index is 12.3. The number of nitrogens with one attached hydrogen (secondary N) is 1. The Morgan fingerprint density at radius 2 is 1.67 bits per heavy atom. The van der Waals surface area contributed by atoms with Crippen molar-refractivity contribution in [2.75, 3.05) is 23.4 Å². The van der Waals surface area contributed by atoms with Gasteiger partial charge < -0.3 is 15.0 Å². The molecule has 0 unspecified atom stereocenters. The van der Waals surface area contributed by atoms with Gasteiger partial charge in [0.15, 0.2) is 5.78 Å². The third kappa shape index (κ3) is 5.67. The molecule has 1 N–H and O–H groups in total. The third-order valence-electron chi connectivity index (χ3n) is 3.99. The largest absolute Gasteiger partial charge is 0.492 e. The highest BCUT2D eigenvalue weighted by Gasteiger charge is 2.15. The Morgan fingerprint density at radius 3 is 2.26 bits per heavy atom. The maximum absolute atomic E-state index is 12.3. The zero-order chi connectivity index (χ0) is 19.8. The molecule has 6 nitrogen and oxygen atoms in total. The van der Waals surface area contributed by atoms with Crippen LogP contribution in [0.25, 0.3) is 0 Å². The maximum Gasteiger partial charge on any atom is 0.226 e. The molecule has 0 aliphatic carbocycles. The number of ether oxygens (including phenoxy) is 1. The molecule has 0 saturated carbocycles. The summed E-state index contributed by atoms with van der Waals surface area (Å²) in [6, 6.07) is 14.0. The normalized spacial score (nSPS) is 10.2. The van der Waals surface area contributed by atoms with Crippen molar-refractivity contribution >= 4 is 29.0 Å². The number of hydrogen-bond acceptors (Lipinski definition) is 4.